The van der Waals surface area contributed by atoms with Gasteiger partial charge in [-0.15, -0.1) is 0 Å². The van der Waals surface area contributed by atoms with Gasteiger partial charge in [-0.1, -0.05) is 6.07 Å². The number of hydrogen-bond acceptors (Lipinski definition) is 9. The van der Waals surface area contributed by atoms with Crippen molar-refractivity contribution in [3.05, 3.63) is 30.1 Å². The first kappa shape index (κ1) is 27.8. The van der Waals surface area contributed by atoms with E-state index in [-0.39, 0.29) is 50.5 Å². The minimum absolute atomic E-state index is 0.00288. The Morgan fingerprint density at radius 2 is 1.89 bits per heavy atom. The van der Waals surface area contributed by atoms with Crippen LogP contribution in [0.5, 0.6) is 0 Å². The zero-order chi connectivity index (χ0) is 26.1. The average molecular weight is 548 g/mol. The fourth-order valence-electron chi connectivity index (χ4n) is 3.74. The SMILES string of the molecule is O=C(OC(COP(=O)([O-])[O-])C(F)(F)F)N1CCC2(CC1)CN(S(=O)(=O)c1cccc(F)c1)CCO2. The lowest BCUT2D eigenvalue weighted by Crippen LogP contribution is -2.58. The highest BCUT2D eigenvalue weighted by Crippen LogP contribution is 2.34. The summed E-state index contributed by atoms with van der Waals surface area (Å²) in [4.78, 5) is 33.9. The molecule has 35 heavy (non-hydrogen) atoms. The molecule has 1 aromatic rings. The lowest BCUT2D eigenvalue weighted by Gasteiger charge is -2.46. The second kappa shape index (κ2) is 10.3. The standard InChI is InChI=1S/C18H23F4N2O9PS/c19-13-2-1-3-14(10-13)35(29,30)24-8-9-31-17(12-24)4-6-23(7-5-17)16(25)33-15(18(20,21)22)11-32-34(26,27)28/h1-3,10,15H,4-9,11-12H2,(H2,26,27,28)/p-2. The Labute approximate surface area is 197 Å². The summed E-state index contributed by atoms with van der Waals surface area (Å²) in [7, 11) is -9.77. The zero-order valence-corrected chi connectivity index (χ0v) is 19.7. The van der Waals surface area contributed by atoms with E-state index in [0.29, 0.717) is 0 Å². The van der Waals surface area contributed by atoms with E-state index in [1.54, 1.807) is 0 Å². The van der Waals surface area contributed by atoms with Crippen LogP contribution in [0.2, 0.25) is 0 Å². The van der Waals surface area contributed by atoms with Gasteiger partial charge in [-0.3, -0.25) is 0 Å². The van der Waals surface area contributed by atoms with E-state index in [9.17, 15) is 45.1 Å². The van der Waals surface area contributed by atoms with E-state index in [0.717, 1.165) is 21.3 Å². The van der Waals surface area contributed by atoms with Crippen LogP contribution in [-0.4, -0.2) is 81.0 Å². The zero-order valence-electron chi connectivity index (χ0n) is 18.0. The number of morpholine rings is 1. The van der Waals surface area contributed by atoms with Gasteiger partial charge < -0.3 is 33.2 Å². The summed E-state index contributed by atoms with van der Waals surface area (Å²) < 4.78 is 104. The first-order chi connectivity index (χ1) is 16.1. The predicted molar refractivity (Wildman–Crippen MR) is 105 cm³/mol. The number of rotatable bonds is 6. The van der Waals surface area contributed by atoms with Gasteiger partial charge in [-0.25, -0.2) is 17.6 Å². The third kappa shape index (κ3) is 7.12. The molecule has 0 bridgehead atoms. The Morgan fingerprint density at radius 1 is 1.23 bits per heavy atom. The number of halogens is 4. The molecular weight excluding hydrogens is 527 g/mol. The fourth-order valence-corrected chi connectivity index (χ4v) is 5.59. The number of benzene rings is 1. The molecule has 1 amide bonds. The van der Waals surface area contributed by atoms with Crippen LogP contribution in [0.3, 0.4) is 0 Å². The van der Waals surface area contributed by atoms with Crippen LogP contribution in [0.25, 0.3) is 0 Å². The van der Waals surface area contributed by atoms with Crippen LogP contribution in [0.4, 0.5) is 22.4 Å². The van der Waals surface area contributed by atoms with Crippen molar-refractivity contribution in [1.29, 1.82) is 0 Å². The van der Waals surface area contributed by atoms with Crippen molar-refractivity contribution in [1.82, 2.24) is 9.21 Å². The van der Waals surface area contributed by atoms with Gasteiger partial charge in [0, 0.05) is 26.2 Å². The van der Waals surface area contributed by atoms with Gasteiger partial charge in [0.25, 0.3) is 0 Å². The van der Waals surface area contributed by atoms with Crippen molar-refractivity contribution < 1.29 is 59.1 Å². The molecule has 0 saturated carbocycles. The minimum Gasteiger partial charge on any atom is -0.790 e. The molecule has 1 aromatic carbocycles. The number of piperidine rings is 1. The number of carbonyl (C=O) groups is 1. The van der Waals surface area contributed by atoms with Crippen molar-refractivity contribution >= 4 is 23.9 Å². The molecule has 0 radical (unpaired) electrons. The smallest absolute Gasteiger partial charge is 0.427 e. The molecule has 0 aliphatic carbocycles. The van der Waals surface area contributed by atoms with Crippen molar-refractivity contribution in [3.63, 3.8) is 0 Å². The molecule has 1 unspecified atom stereocenters. The Hall–Kier alpha value is -1.81. The van der Waals surface area contributed by atoms with E-state index in [2.05, 4.69) is 9.26 Å². The summed E-state index contributed by atoms with van der Waals surface area (Å²) in [5, 5.41) is 0. The van der Waals surface area contributed by atoms with Gasteiger partial charge in [0.2, 0.25) is 16.1 Å². The lowest BCUT2D eigenvalue weighted by molar-refractivity contribution is -0.344. The minimum atomic E-state index is -5.73. The Morgan fingerprint density at radius 3 is 2.46 bits per heavy atom. The average Bonchev–Trinajstić information content (AvgIpc) is 2.75. The lowest BCUT2D eigenvalue weighted by atomic mass is 9.90. The second-order valence-corrected chi connectivity index (χ2v) is 11.1. The first-order valence-electron chi connectivity index (χ1n) is 10.2. The molecule has 2 aliphatic heterocycles. The molecule has 2 heterocycles. The molecule has 2 saturated heterocycles. The van der Waals surface area contributed by atoms with E-state index in [4.69, 9.17) is 4.74 Å². The number of carbonyl (C=O) groups excluding carboxylic acids is 1. The summed E-state index contributed by atoms with van der Waals surface area (Å²) in [6.45, 7) is -2.12. The largest absolute Gasteiger partial charge is 0.790 e. The molecule has 17 heteroatoms. The molecule has 1 spiro atoms. The van der Waals surface area contributed by atoms with Crippen LogP contribution < -0.4 is 9.79 Å². The van der Waals surface area contributed by atoms with Crippen molar-refractivity contribution in [2.75, 3.05) is 39.4 Å². The third-order valence-corrected chi connectivity index (χ3v) is 7.88. The predicted octanol–water partition coefficient (Wildman–Crippen LogP) is 0.594. The summed E-state index contributed by atoms with van der Waals surface area (Å²) >= 11 is 0. The number of amides is 1. The highest BCUT2D eigenvalue weighted by atomic mass is 32.2. The first-order valence-corrected chi connectivity index (χ1v) is 13.1. The fraction of sp³-hybridized carbons (Fsp3) is 0.611. The number of phosphoric acid groups is 1. The van der Waals surface area contributed by atoms with Gasteiger partial charge in [-0.05, 0) is 31.0 Å². The number of likely N-dealkylation sites (tertiary alicyclic amines) is 1. The quantitative estimate of drug-likeness (QED) is 0.368. The Kier molecular flexibility index (Phi) is 8.16. The third-order valence-electron chi connectivity index (χ3n) is 5.57. The summed E-state index contributed by atoms with van der Waals surface area (Å²) in [6, 6.07) is 4.49. The number of nitrogens with zero attached hydrogens (tertiary/aromatic N) is 2. The van der Waals surface area contributed by atoms with E-state index in [1.807, 2.05) is 0 Å². The Bertz CT molecular complexity index is 1070. The number of hydrogen-bond donors (Lipinski definition) is 0. The maximum absolute atomic E-state index is 13.5. The molecule has 0 aromatic heterocycles. The van der Waals surface area contributed by atoms with Crippen LogP contribution in [0.1, 0.15) is 12.8 Å². The van der Waals surface area contributed by atoms with Crippen LogP contribution in [0.15, 0.2) is 29.2 Å². The maximum Gasteiger partial charge on any atom is 0.427 e. The van der Waals surface area contributed by atoms with Gasteiger partial charge in [0.1, 0.15) is 5.82 Å². The number of ether oxygens (including phenoxy) is 2. The van der Waals surface area contributed by atoms with Gasteiger partial charge in [-0.2, -0.15) is 17.5 Å². The van der Waals surface area contributed by atoms with E-state index >= 15 is 0 Å². The molecule has 198 valence electrons. The normalized spacial score (nSPS) is 20.6. The molecule has 1 atom stereocenters. The second-order valence-electron chi connectivity index (χ2n) is 7.97. The van der Waals surface area contributed by atoms with Gasteiger partial charge >= 0.3 is 12.3 Å². The monoisotopic (exact) mass is 548 g/mol. The molecular formula is C18H21F4N2O9PS-2. The van der Waals surface area contributed by atoms with E-state index < -0.39 is 54.2 Å². The van der Waals surface area contributed by atoms with Crippen LogP contribution in [-0.2, 0) is 28.6 Å². The highest BCUT2D eigenvalue weighted by molar-refractivity contribution is 7.89. The van der Waals surface area contributed by atoms with Crippen LogP contribution >= 0.6 is 7.82 Å². The summed E-state index contributed by atoms with van der Waals surface area (Å²) in [5.41, 5.74) is -1.03. The number of alkyl halides is 3. The molecule has 0 N–H and O–H groups in total. The van der Waals surface area contributed by atoms with Crippen molar-refractivity contribution in [2.45, 2.75) is 35.6 Å². The van der Waals surface area contributed by atoms with Crippen molar-refractivity contribution in [3.8, 4) is 0 Å². The number of sulfonamides is 1. The molecule has 2 fully saturated rings. The highest BCUT2D eigenvalue weighted by Gasteiger charge is 2.47. The Balaban J connectivity index is 1.62. The van der Waals surface area contributed by atoms with Crippen LogP contribution in [0, 0.1) is 5.82 Å². The topological polar surface area (TPSA) is 149 Å². The molecule has 2 aliphatic rings. The summed E-state index contributed by atoms with van der Waals surface area (Å²) in [5.74, 6) is -0.725. The van der Waals surface area contributed by atoms with E-state index in [1.165, 1.54) is 12.1 Å². The molecule has 3 rings (SSSR count). The van der Waals surface area contributed by atoms with Gasteiger partial charge in [0.05, 0.1) is 31.5 Å². The molecule has 11 nitrogen and oxygen atoms in total. The summed E-state index contributed by atoms with van der Waals surface area (Å²) in [6.07, 6.45) is -9.49. The van der Waals surface area contributed by atoms with Gasteiger partial charge in [0.15, 0.2) is 0 Å². The maximum atomic E-state index is 13.5. The number of phosphoric ester groups is 1. The van der Waals surface area contributed by atoms with Crippen molar-refractivity contribution in [2.24, 2.45) is 0 Å².